The van der Waals surface area contributed by atoms with Gasteiger partial charge in [0.25, 0.3) is 0 Å². The number of nitrogens with one attached hydrogen (secondary N) is 1. The molecule has 0 spiro atoms. The highest BCUT2D eigenvalue weighted by Gasteiger charge is 2.15. The average molecular weight is 331 g/mol. The van der Waals surface area contributed by atoms with Crippen molar-refractivity contribution in [3.63, 3.8) is 0 Å². The van der Waals surface area contributed by atoms with Gasteiger partial charge in [-0.3, -0.25) is 5.10 Å². The molecule has 1 aromatic carbocycles. The zero-order valence-corrected chi connectivity index (χ0v) is 14.9. The maximum atomic E-state index is 4.63. The van der Waals surface area contributed by atoms with Gasteiger partial charge in [0.05, 0.1) is 0 Å². The molecule has 3 rings (SSSR count). The fourth-order valence-corrected chi connectivity index (χ4v) is 4.08. The highest BCUT2D eigenvalue weighted by atomic mass is 32.2. The van der Waals surface area contributed by atoms with Crippen LogP contribution in [-0.2, 0) is 6.42 Å². The number of hydrogen-bond donors (Lipinski definition) is 1. The summed E-state index contributed by atoms with van der Waals surface area (Å²) in [6.07, 6.45) is 7.77. The van der Waals surface area contributed by atoms with Gasteiger partial charge < -0.3 is 4.90 Å². The summed E-state index contributed by atoms with van der Waals surface area (Å²) >= 11 is 1.80. The summed E-state index contributed by atoms with van der Waals surface area (Å²) in [6.45, 7) is 0. The Kier molecular flexibility index (Phi) is 5.60. The van der Waals surface area contributed by atoms with Crippen molar-refractivity contribution in [1.82, 2.24) is 15.2 Å². The number of nitrogens with zero attached hydrogens (tertiary/aromatic N) is 3. The molecule has 5 heteroatoms. The molecular formula is C18H26N4S. The zero-order chi connectivity index (χ0) is 16.1. The van der Waals surface area contributed by atoms with Gasteiger partial charge in [-0.15, -0.1) is 5.10 Å². The molecule has 0 bridgehead atoms. The van der Waals surface area contributed by atoms with Crippen LogP contribution in [0.1, 0.15) is 43.5 Å². The second-order valence-electron chi connectivity index (χ2n) is 6.62. The third-order valence-electron chi connectivity index (χ3n) is 4.51. The van der Waals surface area contributed by atoms with Gasteiger partial charge in [-0.1, -0.05) is 43.2 Å². The summed E-state index contributed by atoms with van der Waals surface area (Å²) in [6, 6.07) is 8.61. The van der Waals surface area contributed by atoms with Crippen molar-refractivity contribution in [3.05, 3.63) is 35.7 Å². The van der Waals surface area contributed by atoms with Crippen molar-refractivity contribution in [2.75, 3.05) is 24.7 Å². The van der Waals surface area contributed by atoms with Crippen molar-refractivity contribution >= 4 is 17.4 Å². The summed E-state index contributed by atoms with van der Waals surface area (Å²) in [5, 5.41) is 8.35. The van der Waals surface area contributed by atoms with Crippen molar-refractivity contribution in [3.8, 4) is 0 Å². The third kappa shape index (κ3) is 4.74. The lowest BCUT2D eigenvalue weighted by atomic mass is 9.91. The molecule has 1 saturated carbocycles. The van der Waals surface area contributed by atoms with Crippen LogP contribution in [0.2, 0.25) is 0 Å². The van der Waals surface area contributed by atoms with E-state index in [1.165, 1.54) is 43.4 Å². The standard InChI is InChI=1S/C18H26N4S/c1-22(2)16-10-8-14(9-11-16)12-17-19-18(21-20-17)23-13-15-6-4-3-5-7-15/h8-11,15H,3-7,12-13H2,1-2H3,(H,19,20,21). The number of rotatable bonds is 6. The molecule has 124 valence electrons. The van der Waals surface area contributed by atoms with Gasteiger partial charge in [-0.05, 0) is 36.5 Å². The Morgan fingerprint density at radius 3 is 2.57 bits per heavy atom. The Hall–Kier alpha value is -1.49. The molecule has 1 aliphatic rings. The summed E-state index contributed by atoms with van der Waals surface area (Å²) in [4.78, 5) is 6.74. The van der Waals surface area contributed by atoms with Crippen LogP contribution >= 0.6 is 11.8 Å². The largest absolute Gasteiger partial charge is 0.378 e. The summed E-state index contributed by atoms with van der Waals surface area (Å²) in [5.41, 5.74) is 2.48. The highest BCUT2D eigenvalue weighted by molar-refractivity contribution is 7.99. The fourth-order valence-electron chi connectivity index (χ4n) is 3.07. The molecule has 0 aliphatic heterocycles. The fraction of sp³-hybridized carbons (Fsp3) is 0.556. The number of hydrogen-bond acceptors (Lipinski definition) is 4. The molecule has 1 fully saturated rings. The van der Waals surface area contributed by atoms with Gasteiger partial charge in [-0.25, -0.2) is 4.98 Å². The molecular weight excluding hydrogens is 304 g/mol. The van der Waals surface area contributed by atoms with Gasteiger partial charge in [0, 0.05) is 32.0 Å². The first-order valence-corrected chi connectivity index (χ1v) is 9.49. The lowest BCUT2D eigenvalue weighted by Crippen LogP contribution is -2.08. The van der Waals surface area contributed by atoms with Crippen molar-refractivity contribution in [2.24, 2.45) is 5.92 Å². The summed E-state index contributed by atoms with van der Waals surface area (Å²) < 4.78 is 0. The Bertz CT molecular complexity index is 600. The van der Waals surface area contributed by atoms with Gasteiger partial charge in [0.15, 0.2) is 0 Å². The van der Waals surface area contributed by atoms with E-state index < -0.39 is 0 Å². The Labute approximate surface area is 143 Å². The lowest BCUT2D eigenvalue weighted by molar-refractivity contribution is 0.391. The zero-order valence-electron chi connectivity index (χ0n) is 14.1. The van der Waals surface area contributed by atoms with Crippen LogP contribution in [-0.4, -0.2) is 35.0 Å². The van der Waals surface area contributed by atoms with E-state index in [1.807, 2.05) is 0 Å². The molecule has 1 aliphatic carbocycles. The van der Waals surface area contributed by atoms with Crippen molar-refractivity contribution in [2.45, 2.75) is 43.7 Å². The first kappa shape index (κ1) is 16.4. The maximum Gasteiger partial charge on any atom is 0.208 e. The Morgan fingerprint density at radius 2 is 1.87 bits per heavy atom. The smallest absolute Gasteiger partial charge is 0.208 e. The first-order chi connectivity index (χ1) is 11.2. The lowest BCUT2D eigenvalue weighted by Gasteiger charge is -2.20. The van der Waals surface area contributed by atoms with Crippen LogP contribution in [0, 0.1) is 5.92 Å². The number of benzene rings is 1. The minimum Gasteiger partial charge on any atom is -0.378 e. The number of H-pyrrole nitrogens is 1. The number of aromatic nitrogens is 3. The normalized spacial score (nSPS) is 15.7. The van der Waals surface area contributed by atoms with E-state index in [9.17, 15) is 0 Å². The van der Waals surface area contributed by atoms with Crippen LogP contribution in [0.5, 0.6) is 0 Å². The van der Waals surface area contributed by atoms with Crippen LogP contribution in [0.3, 0.4) is 0 Å². The number of aromatic amines is 1. The van der Waals surface area contributed by atoms with Crippen LogP contribution in [0.15, 0.2) is 29.4 Å². The predicted octanol–water partition coefficient (Wildman–Crippen LogP) is 4.13. The Morgan fingerprint density at radius 1 is 1.13 bits per heavy atom. The van der Waals surface area contributed by atoms with E-state index in [4.69, 9.17) is 0 Å². The molecule has 4 nitrogen and oxygen atoms in total. The minimum atomic E-state index is 0.810. The van der Waals surface area contributed by atoms with Crippen LogP contribution < -0.4 is 4.90 Å². The molecule has 1 aromatic heterocycles. The second-order valence-corrected chi connectivity index (χ2v) is 7.60. The van der Waals surface area contributed by atoms with Crippen molar-refractivity contribution in [1.29, 1.82) is 0 Å². The van der Waals surface area contributed by atoms with E-state index >= 15 is 0 Å². The molecule has 0 amide bonds. The van der Waals surface area contributed by atoms with Gasteiger partial charge >= 0.3 is 0 Å². The van der Waals surface area contributed by atoms with Gasteiger partial charge in [-0.2, -0.15) is 0 Å². The number of anilines is 1. The summed E-state index contributed by atoms with van der Waals surface area (Å²) in [5.74, 6) is 2.97. The van der Waals surface area contributed by atoms with Gasteiger partial charge in [0.2, 0.25) is 5.16 Å². The molecule has 1 heterocycles. The van der Waals surface area contributed by atoms with Crippen LogP contribution in [0.4, 0.5) is 5.69 Å². The third-order valence-corrected chi connectivity index (χ3v) is 5.59. The van der Waals surface area contributed by atoms with E-state index in [0.29, 0.717) is 0 Å². The quantitative estimate of drug-likeness (QED) is 0.809. The molecule has 2 aromatic rings. The predicted molar refractivity (Wildman–Crippen MR) is 97.3 cm³/mol. The minimum absolute atomic E-state index is 0.810. The second kappa shape index (κ2) is 7.86. The first-order valence-electron chi connectivity index (χ1n) is 8.51. The molecule has 1 N–H and O–H groups in total. The van der Waals surface area contributed by atoms with Crippen molar-refractivity contribution < 1.29 is 0 Å². The maximum absolute atomic E-state index is 4.63. The SMILES string of the molecule is CN(C)c1ccc(Cc2nc(SCC3CCCCC3)n[nH]2)cc1. The van der Waals surface area contributed by atoms with Crippen LogP contribution in [0.25, 0.3) is 0 Å². The van der Waals surface area contributed by atoms with E-state index in [1.54, 1.807) is 11.8 Å². The summed E-state index contributed by atoms with van der Waals surface area (Å²) in [7, 11) is 4.11. The molecule has 0 unspecified atom stereocenters. The molecule has 0 atom stereocenters. The Balaban J connectivity index is 1.52. The van der Waals surface area contributed by atoms with E-state index in [0.717, 1.165) is 29.1 Å². The molecule has 0 radical (unpaired) electrons. The molecule has 0 saturated heterocycles. The molecule has 23 heavy (non-hydrogen) atoms. The topological polar surface area (TPSA) is 44.8 Å². The highest BCUT2D eigenvalue weighted by Crippen LogP contribution is 2.28. The van der Waals surface area contributed by atoms with E-state index in [-0.39, 0.29) is 0 Å². The average Bonchev–Trinajstić information content (AvgIpc) is 3.02. The van der Waals surface area contributed by atoms with Gasteiger partial charge in [0.1, 0.15) is 5.82 Å². The monoisotopic (exact) mass is 330 g/mol. The number of thioether (sulfide) groups is 1. The van der Waals surface area contributed by atoms with E-state index in [2.05, 4.69) is 58.4 Å².